The molecule has 0 aliphatic carbocycles. The third-order valence-electron chi connectivity index (χ3n) is 3.32. The second kappa shape index (κ2) is 6.37. The Morgan fingerprint density at radius 2 is 2.00 bits per heavy atom. The maximum Gasteiger partial charge on any atom is 0.271 e. The minimum absolute atomic E-state index is 0.0222. The van der Waals surface area contributed by atoms with Gasteiger partial charge in [0.2, 0.25) is 10.0 Å². The first kappa shape index (κ1) is 17.3. The van der Waals surface area contributed by atoms with Crippen LogP contribution in [0.3, 0.4) is 0 Å². The lowest BCUT2D eigenvalue weighted by Crippen LogP contribution is -2.34. The number of nitro benzene ring substituents is 1. The second-order valence-corrected chi connectivity index (χ2v) is 7.16. The van der Waals surface area contributed by atoms with E-state index in [2.05, 4.69) is 10.1 Å². The molecule has 1 rings (SSSR count). The molecule has 0 fully saturated rings. The molecule has 0 saturated carbocycles. The van der Waals surface area contributed by atoms with Crippen molar-refractivity contribution in [1.29, 1.82) is 0 Å². The van der Waals surface area contributed by atoms with Gasteiger partial charge >= 0.3 is 0 Å². The zero-order chi connectivity index (χ0) is 16.3. The fourth-order valence-corrected chi connectivity index (χ4v) is 2.86. The Hall–Kier alpha value is -1.71. The van der Waals surface area contributed by atoms with Gasteiger partial charge in [0.1, 0.15) is 4.90 Å². The van der Waals surface area contributed by atoms with E-state index in [-0.39, 0.29) is 28.2 Å². The number of hydrazine groups is 1. The predicted molar refractivity (Wildman–Crippen MR) is 80.2 cm³/mol. The summed E-state index contributed by atoms with van der Waals surface area (Å²) < 4.78 is 27.1. The van der Waals surface area contributed by atoms with E-state index in [1.807, 2.05) is 20.8 Å². The molecule has 0 bridgehead atoms. The number of sulfonamides is 1. The molecular formula is C12H20N4O4S. The van der Waals surface area contributed by atoms with Crippen molar-refractivity contribution in [1.82, 2.24) is 4.72 Å². The maximum absolute atomic E-state index is 12.3. The van der Waals surface area contributed by atoms with Crippen molar-refractivity contribution >= 4 is 21.4 Å². The van der Waals surface area contributed by atoms with Gasteiger partial charge in [-0.15, -0.1) is 0 Å². The Morgan fingerprint density at radius 1 is 1.38 bits per heavy atom. The molecule has 1 aromatic carbocycles. The zero-order valence-electron chi connectivity index (χ0n) is 12.2. The number of nitrogens with two attached hydrogens (primary N) is 1. The molecule has 0 unspecified atom stereocenters. The van der Waals surface area contributed by atoms with Gasteiger partial charge in [-0.2, -0.15) is 0 Å². The van der Waals surface area contributed by atoms with Crippen LogP contribution in [0.2, 0.25) is 0 Å². The highest BCUT2D eigenvalue weighted by Crippen LogP contribution is 2.26. The highest BCUT2D eigenvalue weighted by molar-refractivity contribution is 7.89. The lowest BCUT2D eigenvalue weighted by Gasteiger charge is -2.23. The molecule has 0 heterocycles. The Balaban J connectivity index is 3.11. The molecule has 9 heteroatoms. The lowest BCUT2D eigenvalue weighted by molar-refractivity contribution is -0.384. The van der Waals surface area contributed by atoms with Crippen LogP contribution in [0.4, 0.5) is 11.4 Å². The Bertz CT molecular complexity index is 628. The number of benzene rings is 1. The van der Waals surface area contributed by atoms with Crippen LogP contribution < -0.4 is 16.0 Å². The summed E-state index contributed by atoms with van der Waals surface area (Å²) in [4.78, 5) is 9.96. The fraction of sp³-hybridized carbons (Fsp3) is 0.500. The van der Waals surface area contributed by atoms with Gasteiger partial charge in [-0.3, -0.25) is 16.0 Å². The highest BCUT2D eigenvalue weighted by atomic mass is 32.2. The third-order valence-corrected chi connectivity index (χ3v) is 4.78. The van der Waals surface area contributed by atoms with E-state index in [0.29, 0.717) is 0 Å². The number of non-ortho nitro benzene ring substituents is 1. The summed E-state index contributed by atoms with van der Waals surface area (Å²) >= 11 is 0. The SMILES string of the molecule is CCC(C)(C)CNS(=O)(=O)c1ccc([N+](=O)[O-])cc1NN. The van der Waals surface area contributed by atoms with Crippen LogP contribution in [0.15, 0.2) is 23.1 Å². The van der Waals surface area contributed by atoms with Crippen LogP contribution in [-0.2, 0) is 10.0 Å². The number of anilines is 1. The van der Waals surface area contributed by atoms with E-state index in [4.69, 9.17) is 5.84 Å². The molecule has 1 aromatic rings. The molecular weight excluding hydrogens is 296 g/mol. The molecule has 0 saturated heterocycles. The van der Waals surface area contributed by atoms with Gasteiger partial charge in [-0.1, -0.05) is 20.8 Å². The van der Waals surface area contributed by atoms with Crippen LogP contribution >= 0.6 is 0 Å². The van der Waals surface area contributed by atoms with Crippen molar-refractivity contribution in [2.24, 2.45) is 11.3 Å². The van der Waals surface area contributed by atoms with Crippen LogP contribution in [0.5, 0.6) is 0 Å². The molecule has 0 aliphatic heterocycles. The van der Waals surface area contributed by atoms with E-state index in [9.17, 15) is 18.5 Å². The predicted octanol–water partition coefficient (Wildman–Crippen LogP) is 1.59. The molecule has 4 N–H and O–H groups in total. The number of nitro groups is 1. The first-order valence-corrected chi connectivity index (χ1v) is 7.86. The summed E-state index contributed by atoms with van der Waals surface area (Å²) in [5.41, 5.74) is 1.73. The summed E-state index contributed by atoms with van der Waals surface area (Å²) in [5.74, 6) is 5.26. The minimum Gasteiger partial charge on any atom is -0.323 e. The van der Waals surface area contributed by atoms with Crippen molar-refractivity contribution in [3.63, 3.8) is 0 Å². The normalized spacial score (nSPS) is 12.2. The summed E-state index contributed by atoms with van der Waals surface area (Å²) in [6.07, 6.45) is 0.803. The van der Waals surface area contributed by atoms with Gasteiger partial charge in [0.05, 0.1) is 10.6 Å². The third kappa shape index (κ3) is 4.38. The second-order valence-electron chi connectivity index (χ2n) is 5.42. The standard InChI is InChI=1S/C12H20N4O4S/c1-4-12(2,3)8-14-21(19,20)11-6-5-9(16(17)18)7-10(11)15-13/h5-7,14-15H,4,8,13H2,1-3H3. The van der Waals surface area contributed by atoms with Crippen LogP contribution in [0.1, 0.15) is 27.2 Å². The van der Waals surface area contributed by atoms with E-state index in [0.717, 1.165) is 24.6 Å². The average molecular weight is 316 g/mol. The number of nitrogens with one attached hydrogen (secondary N) is 2. The van der Waals surface area contributed by atoms with Crippen molar-refractivity contribution in [3.8, 4) is 0 Å². The number of rotatable bonds is 7. The molecule has 0 atom stereocenters. The van der Waals surface area contributed by atoms with Crippen LogP contribution in [0.25, 0.3) is 0 Å². The largest absolute Gasteiger partial charge is 0.323 e. The number of nitrogens with zero attached hydrogens (tertiary/aromatic N) is 1. The molecule has 118 valence electrons. The molecule has 0 spiro atoms. The molecule has 0 radical (unpaired) electrons. The Kier molecular flexibility index (Phi) is 5.26. The first-order chi connectivity index (χ1) is 9.63. The van der Waals surface area contributed by atoms with E-state index >= 15 is 0 Å². The molecule has 0 aliphatic rings. The van der Waals surface area contributed by atoms with Gasteiger partial charge in [0, 0.05) is 18.7 Å². The number of hydrogen-bond acceptors (Lipinski definition) is 6. The van der Waals surface area contributed by atoms with Gasteiger partial charge in [0.25, 0.3) is 5.69 Å². The minimum atomic E-state index is -3.80. The Morgan fingerprint density at radius 3 is 2.48 bits per heavy atom. The molecule has 0 amide bonds. The fourth-order valence-electron chi connectivity index (χ4n) is 1.47. The van der Waals surface area contributed by atoms with Crippen molar-refractivity contribution in [2.75, 3.05) is 12.0 Å². The van der Waals surface area contributed by atoms with Crippen molar-refractivity contribution in [3.05, 3.63) is 28.3 Å². The Labute approximate surface area is 123 Å². The first-order valence-electron chi connectivity index (χ1n) is 6.37. The van der Waals surface area contributed by atoms with Crippen molar-refractivity contribution < 1.29 is 13.3 Å². The highest BCUT2D eigenvalue weighted by Gasteiger charge is 2.24. The van der Waals surface area contributed by atoms with Gasteiger partial charge in [-0.25, -0.2) is 13.1 Å². The molecule has 21 heavy (non-hydrogen) atoms. The monoisotopic (exact) mass is 316 g/mol. The van der Waals surface area contributed by atoms with Crippen molar-refractivity contribution in [2.45, 2.75) is 32.1 Å². The van der Waals surface area contributed by atoms with E-state index in [1.165, 1.54) is 0 Å². The summed E-state index contributed by atoms with van der Waals surface area (Å²) in [7, 11) is -3.80. The van der Waals surface area contributed by atoms with Crippen LogP contribution in [0, 0.1) is 15.5 Å². The van der Waals surface area contributed by atoms with Crippen LogP contribution in [-0.4, -0.2) is 19.9 Å². The lowest BCUT2D eigenvalue weighted by atomic mass is 9.91. The maximum atomic E-state index is 12.3. The topological polar surface area (TPSA) is 127 Å². The average Bonchev–Trinajstić information content (AvgIpc) is 2.44. The van der Waals surface area contributed by atoms with E-state index < -0.39 is 14.9 Å². The zero-order valence-corrected chi connectivity index (χ0v) is 13.0. The molecule has 0 aromatic heterocycles. The summed E-state index contributed by atoms with van der Waals surface area (Å²) in [6.45, 7) is 6.10. The molecule has 8 nitrogen and oxygen atoms in total. The van der Waals surface area contributed by atoms with Gasteiger partial charge < -0.3 is 5.43 Å². The number of nitrogen functional groups attached to an aromatic ring is 1. The quantitative estimate of drug-likeness (QED) is 0.398. The summed E-state index contributed by atoms with van der Waals surface area (Å²) in [6, 6.07) is 3.37. The van der Waals surface area contributed by atoms with Gasteiger partial charge in [-0.05, 0) is 17.9 Å². The smallest absolute Gasteiger partial charge is 0.271 e. The van der Waals surface area contributed by atoms with E-state index in [1.54, 1.807) is 0 Å². The van der Waals surface area contributed by atoms with Gasteiger partial charge in [0.15, 0.2) is 0 Å². The summed E-state index contributed by atoms with van der Waals surface area (Å²) in [5, 5.41) is 10.7. The number of hydrogen-bond donors (Lipinski definition) is 3.